The Morgan fingerprint density at radius 3 is 0.936 bits per heavy atom. The third-order valence-electron chi connectivity index (χ3n) is 26.6. The van der Waals surface area contributed by atoms with Crippen molar-refractivity contribution < 1.29 is 57.1 Å². The fraction of sp³-hybridized carbons (Fsp3) is 0.193. The summed E-state index contributed by atoms with van der Waals surface area (Å²) < 4.78 is 213. The lowest BCUT2D eigenvalue weighted by Gasteiger charge is -2.23. The smallest absolute Gasteiger partial charge is 0.201 e. The molecule has 5 heterocycles. The number of aromatic nitrogens is 5. The van der Waals surface area contributed by atoms with Crippen molar-refractivity contribution in [3.63, 3.8) is 0 Å². The Balaban J connectivity index is 0.000000145. The average molecular weight is 1850 g/mol. The topological polar surface area (TPSA) is 19.4 Å². The highest BCUT2D eigenvalue weighted by Crippen LogP contribution is 2.42. The molecule has 0 bridgehead atoms. The van der Waals surface area contributed by atoms with Gasteiger partial charge in [0.1, 0.15) is 35.2 Å². The van der Waals surface area contributed by atoms with Crippen molar-refractivity contribution in [1.29, 1.82) is 0 Å². The van der Waals surface area contributed by atoms with Gasteiger partial charge in [0.05, 0.1) is 0 Å². The third kappa shape index (κ3) is 22.8. The predicted molar refractivity (Wildman–Crippen MR) is 591 cm³/mol. The monoisotopic (exact) mass is 1850 g/mol. The van der Waals surface area contributed by atoms with Crippen molar-refractivity contribution in [1.82, 2.24) is 0 Å². The fourth-order valence-electron chi connectivity index (χ4n) is 18.7. The van der Waals surface area contributed by atoms with Gasteiger partial charge in [-0.15, -0.1) is 0 Å². The summed E-state index contributed by atoms with van der Waals surface area (Å²) >= 11 is 0. The van der Waals surface area contributed by atoms with Gasteiger partial charge in [-0.05, 0) is 325 Å². The van der Waals surface area contributed by atoms with Gasteiger partial charge in [0, 0.05) is 122 Å². The van der Waals surface area contributed by atoms with E-state index in [1.165, 1.54) is 40.5 Å². The van der Waals surface area contributed by atoms with E-state index in [1.54, 1.807) is 66.2 Å². The number of aryl methyl sites for hydroxylation is 20. The minimum absolute atomic E-state index is 0.0377. The molecule has 0 radical (unpaired) electrons. The summed E-state index contributed by atoms with van der Waals surface area (Å²) in [5.74, 6) is -0.945. The molecule has 0 N–H and O–H groups in total. The van der Waals surface area contributed by atoms with Gasteiger partial charge in [-0.3, -0.25) is 0 Å². The average Bonchev–Trinajstić information content (AvgIpc) is 0.747. The van der Waals surface area contributed by atoms with E-state index < -0.39 is 60.7 Å². The van der Waals surface area contributed by atoms with Crippen LogP contribution >= 0.6 is 0 Å². The second-order valence-electron chi connectivity index (χ2n) is 36.6. The van der Waals surface area contributed by atoms with E-state index in [0.29, 0.717) is 51.8 Å². The molecule has 5 nitrogen and oxygen atoms in total. The van der Waals surface area contributed by atoms with Crippen molar-refractivity contribution in [2.45, 2.75) is 141 Å². The number of rotatable bonds is 15. The van der Waals surface area contributed by atoms with Crippen LogP contribution in [0.1, 0.15) is 161 Å². The lowest BCUT2D eigenvalue weighted by molar-refractivity contribution is -0.660. The van der Waals surface area contributed by atoms with E-state index in [0.717, 1.165) is 159 Å². The summed E-state index contributed by atoms with van der Waals surface area (Å²) in [6.07, 6.45) is 13.5. The molecule has 0 spiro atoms. The maximum atomic E-state index is 9.22. The summed E-state index contributed by atoms with van der Waals surface area (Å²) in [7, 11) is 9.70. The SMILES string of the molecule is [2H]C([2H])([2H])c1cc(C)c(-c2cc(C3([2H])CCCCC3)c(C([2H])([2H])[2H])c[n+]2C)cc1-c1ccccc1.[2H]C([2H])([2H])c1cc(C)cc(C([2H])([2H])[2H])c1-c1cc[n+](C)c(-c2cc(-c3ccccc3)ccc2C)c1.[2H]C([2H])([2H])c1cc(C)ccc1-c1cc[n+](C)c(-c2cc(-c3ccccc3)ccc2C)c1.[2H]C([2H])([2H])c1cccc(C([2H])([2H])[2H])c1-c1cc[n+](C)c(-c2cc(-c3ccccc3)ccc2C)c1.[2H]C([2H])([2H])c1ccccc1-c1cc[n+](C)c(-c2cc(-c3ccccc3)ccc2C)c1. The first kappa shape index (κ1) is 70.5. The van der Waals surface area contributed by atoms with E-state index in [4.69, 9.17) is 32.9 Å². The molecule has 14 aromatic carbocycles. The van der Waals surface area contributed by atoms with Crippen molar-refractivity contribution in [2.75, 3.05) is 0 Å². The van der Waals surface area contributed by atoms with E-state index in [-0.39, 0.29) is 44.5 Å². The maximum Gasteiger partial charge on any atom is 0.213 e. The summed E-state index contributed by atoms with van der Waals surface area (Å²) in [6.45, 7) is -4.92. The molecule has 1 saturated carbocycles. The molecule has 0 saturated heterocycles. The van der Waals surface area contributed by atoms with Gasteiger partial charge in [-0.2, -0.15) is 0 Å². The molecule has 5 heteroatoms. The lowest BCUT2D eigenvalue weighted by Crippen LogP contribution is -2.32. The first-order valence-electron chi connectivity index (χ1n) is 60.1. The Hall–Kier alpha value is -15.2. The largest absolute Gasteiger partial charge is 0.213 e. The van der Waals surface area contributed by atoms with E-state index in [2.05, 4.69) is 156 Å². The molecule has 1 fully saturated rings. The van der Waals surface area contributed by atoms with Gasteiger partial charge >= 0.3 is 0 Å². The van der Waals surface area contributed by atoms with Crippen LogP contribution in [0.5, 0.6) is 0 Å². The first-order valence-corrected chi connectivity index (χ1v) is 47.6. The van der Waals surface area contributed by atoms with Crippen LogP contribution in [0.25, 0.3) is 156 Å². The molecule has 20 rings (SSSR count). The van der Waals surface area contributed by atoms with Crippen LogP contribution in [0, 0.1) is 103 Å². The third-order valence-corrected chi connectivity index (χ3v) is 26.6. The Kier molecular flexibility index (Phi) is 22.4. The van der Waals surface area contributed by atoms with Gasteiger partial charge in [0.25, 0.3) is 0 Å². The Labute approximate surface area is 869 Å². The van der Waals surface area contributed by atoms with Crippen LogP contribution in [-0.2, 0) is 35.2 Å². The first-order chi connectivity index (χ1) is 77.7. The van der Waals surface area contributed by atoms with Crippen LogP contribution in [0.15, 0.2) is 395 Å². The van der Waals surface area contributed by atoms with Crippen LogP contribution in [0.4, 0.5) is 0 Å². The van der Waals surface area contributed by atoms with Gasteiger partial charge in [-0.25, -0.2) is 22.8 Å². The number of pyridine rings is 5. The molecule has 0 aliphatic heterocycles. The van der Waals surface area contributed by atoms with Crippen molar-refractivity contribution in [2.24, 2.45) is 35.2 Å². The van der Waals surface area contributed by atoms with Crippen LogP contribution in [0.3, 0.4) is 0 Å². The van der Waals surface area contributed by atoms with E-state index in [1.807, 2.05) is 261 Å². The number of benzene rings is 14. The van der Waals surface area contributed by atoms with Crippen LogP contribution in [-0.4, -0.2) is 0 Å². The molecule has 696 valence electrons. The Morgan fingerprint density at radius 1 is 0.200 bits per heavy atom. The minimum atomic E-state index is -2.46. The predicted octanol–water partition coefficient (Wildman–Crippen LogP) is 32.6. The molecule has 1 aliphatic carbocycles. The van der Waals surface area contributed by atoms with Crippen LogP contribution < -0.4 is 22.8 Å². The quantitative estimate of drug-likeness (QED) is 0.0912. The Bertz CT molecular complexity index is 8660. The molecule has 19 aromatic rings. The normalized spacial score (nSPS) is 15.3. The lowest BCUT2D eigenvalue weighted by atomic mass is 9.82. The molecular weight excluding hydrogens is 1690 g/mol. The standard InChI is InChI=1S/C28H28N.C27H32N.2C27H26N.C26H24N/c1-19-15-21(3)28(22(4)16-19)25-13-14-29(5)27(18-25)26-17-24(12-11-20(26)2)23-9-7-6-8-10-23;1-19-15-20(2)26(16-24(19)22-11-7-5-8-12-22)27-17-25(21(3)18-28(27)4)23-13-9-6-10-14-23;1-19-13-14-23(22-11-6-5-7-12-22)17-25(19)26-18-24(15-16-28(26)4)27-20(2)9-8-10-21(27)3;1-19-10-13-25(21(3)16-19)24-14-15-28(4)27(18-24)26-17-23(12-11-20(26)2)22-8-6-5-7-9-22;1-19-9-7-8-12-24(19)23-15-16-27(3)26(18-23)25-17-22(14-13-20(25)2)21-10-5-4-6-11-21/h6-18H,1-5H3;5,7-8,11-12,15-18,23H,6,9-10,13-14H2,1-4H3;2*5-18H,1-4H3;4-18H,1-3H3/q5*+1/i3D3,4D3;1D3,3D3,23D;2D3,3D3;3D3;1D3. The summed E-state index contributed by atoms with van der Waals surface area (Å²) in [5, 5.41) is 0. The van der Waals surface area contributed by atoms with Crippen molar-refractivity contribution in [3.05, 3.63) is 484 Å². The van der Waals surface area contributed by atoms with Gasteiger partial charge in [-0.1, -0.05) is 309 Å². The molecule has 140 heavy (non-hydrogen) atoms. The maximum absolute atomic E-state index is 9.22. The highest BCUT2D eigenvalue weighted by atomic mass is 14.9. The van der Waals surface area contributed by atoms with Gasteiger partial charge < -0.3 is 0 Å². The van der Waals surface area contributed by atoms with Gasteiger partial charge in [0.2, 0.25) is 28.5 Å². The molecule has 0 unspecified atom stereocenters. The second kappa shape index (κ2) is 44.5. The van der Waals surface area contributed by atoms with E-state index >= 15 is 0 Å². The molecule has 0 amide bonds. The summed E-state index contributed by atoms with van der Waals surface area (Å²) in [6, 6.07) is 117. The summed E-state index contributed by atoms with van der Waals surface area (Å²) in [4.78, 5) is 0. The number of hydrogen-bond donors (Lipinski definition) is 0. The van der Waals surface area contributed by atoms with Crippen molar-refractivity contribution in [3.8, 4) is 156 Å². The van der Waals surface area contributed by atoms with Crippen molar-refractivity contribution >= 4 is 0 Å². The number of nitrogens with zero attached hydrogens (tertiary/aromatic N) is 5. The zero-order chi connectivity index (χ0) is 119. The molecule has 0 atom stereocenters. The highest BCUT2D eigenvalue weighted by molar-refractivity contribution is 5.84. The summed E-state index contributed by atoms with van der Waals surface area (Å²) in [5.41, 5.74) is 33.9. The molecule has 5 aromatic heterocycles. The number of hydrogen-bond acceptors (Lipinski definition) is 0. The van der Waals surface area contributed by atoms with Gasteiger partial charge in [0.15, 0.2) is 31.0 Å². The van der Waals surface area contributed by atoms with Crippen LogP contribution in [0.2, 0.25) is 0 Å². The minimum Gasteiger partial charge on any atom is -0.201 e. The molecular formula is C135H136N5+5. The zero-order valence-corrected chi connectivity index (χ0v) is 81.8. The Morgan fingerprint density at radius 2 is 0.529 bits per heavy atom. The second-order valence-corrected chi connectivity index (χ2v) is 36.6. The fourth-order valence-corrected chi connectivity index (χ4v) is 18.7. The van der Waals surface area contributed by atoms with E-state index in [9.17, 15) is 1.37 Å². The highest BCUT2D eigenvalue weighted by Gasteiger charge is 2.27. The molecule has 1 aliphatic rings. The zero-order valence-electron chi connectivity index (χ0n) is 107.